The highest BCUT2D eigenvalue weighted by Crippen LogP contribution is 2.22. The topological polar surface area (TPSA) is 40.5 Å². The molecule has 1 aliphatic rings. The Morgan fingerprint density at radius 1 is 1.45 bits per heavy atom. The normalized spacial score (nSPS) is 19.5. The fourth-order valence-electron chi connectivity index (χ4n) is 1.65. The van der Waals surface area contributed by atoms with Crippen LogP contribution in [0.15, 0.2) is 0 Å². The molecule has 0 bridgehead atoms. The SMILES string of the molecule is O=[C]CN(CO)C1CCCC1. The van der Waals surface area contributed by atoms with Crippen LogP contribution in [0.4, 0.5) is 0 Å². The molecular weight excluding hydrogens is 142 g/mol. The largest absolute Gasteiger partial charge is 0.381 e. The van der Waals surface area contributed by atoms with Gasteiger partial charge in [0.1, 0.15) is 0 Å². The van der Waals surface area contributed by atoms with Crippen molar-refractivity contribution in [3.63, 3.8) is 0 Å². The zero-order valence-corrected chi connectivity index (χ0v) is 6.62. The monoisotopic (exact) mass is 156 g/mol. The number of aliphatic hydroxyl groups excluding tert-OH is 1. The van der Waals surface area contributed by atoms with Crippen LogP contribution in [-0.4, -0.2) is 35.6 Å². The van der Waals surface area contributed by atoms with Crippen LogP contribution in [0.2, 0.25) is 0 Å². The first-order valence-corrected chi connectivity index (χ1v) is 4.08. The Morgan fingerprint density at radius 2 is 2.09 bits per heavy atom. The van der Waals surface area contributed by atoms with Gasteiger partial charge in [0.2, 0.25) is 6.29 Å². The molecule has 11 heavy (non-hydrogen) atoms. The molecule has 0 spiro atoms. The summed E-state index contributed by atoms with van der Waals surface area (Å²) >= 11 is 0. The first-order chi connectivity index (χ1) is 5.38. The van der Waals surface area contributed by atoms with Gasteiger partial charge in [-0.15, -0.1) is 0 Å². The van der Waals surface area contributed by atoms with Crippen molar-refractivity contribution in [2.75, 3.05) is 13.3 Å². The van der Waals surface area contributed by atoms with Crippen LogP contribution in [0.3, 0.4) is 0 Å². The van der Waals surface area contributed by atoms with Gasteiger partial charge in [-0.3, -0.25) is 9.69 Å². The van der Waals surface area contributed by atoms with E-state index in [1.807, 2.05) is 6.29 Å². The minimum Gasteiger partial charge on any atom is -0.381 e. The van der Waals surface area contributed by atoms with Crippen molar-refractivity contribution in [1.29, 1.82) is 0 Å². The van der Waals surface area contributed by atoms with Gasteiger partial charge in [0.25, 0.3) is 0 Å². The summed E-state index contributed by atoms with van der Waals surface area (Å²) < 4.78 is 0. The summed E-state index contributed by atoms with van der Waals surface area (Å²) in [6.45, 7) is 0.237. The molecule has 0 heterocycles. The van der Waals surface area contributed by atoms with Gasteiger partial charge in [-0.05, 0) is 12.8 Å². The summed E-state index contributed by atoms with van der Waals surface area (Å²) in [5, 5.41) is 8.86. The summed E-state index contributed by atoms with van der Waals surface area (Å²) in [6.07, 6.45) is 6.48. The summed E-state index contributed by atoms with van der Waals surface area (Å²) in [7, 11) is 0. The van der Waals surface area contributed by atoms with Crippen molar-refractivity contribution < 1.29 is 9.90 Å². The number of hydrogen-bond donors (Lipinski definition) is 1. The highest BCUT2D eigenvalue weighted by molar-refractivity contribution is 5.53. The predicted octanol–water partition coefficient (Wildman–Crippen LogP) is 0.290. The molecule has 1 saturated carbocycles. The van der Waals surface area contributed by atoms with E-state index in [1.165, 1.54) is 12.8 Å². The molecule has 63 valence electrons. The molecule has 1 rings (SSSR count). The zero-order valence-electron chi connectivity index (χ0n) is 6.62. The number of rotatable bonds is 4. The number of aliphatic hydroxyl groups is 1. The van der Waals surface area contributed by atoms with Gasteiger partial charge in [0.05, 0.1) is 13.3 Å². The maximum absolute atomic E-state index is 10.1. The highest BCUT2D eigenvalue weighted by atomic mass is 16.3. The third-order valence-electron chi connectivity index (χ3n) is 2.29. The van der Waals surface area contributed by atoms with E-state index in [2.05, 4.69) is 0 Å². The van der Waals surface area contributed by atoms with Crippen LogP contribution in [0.25, 0.3) is 0 Å². The minimum atomic E-state index is -0.0140. The molecule has 1 fully saturated rings. The molecule has 0 aliphatic heterocycles. The molecule has 0 amide bonds. The van der Waals surface area contributed by atoms with Gasteiger partial charge < -0.3 is 5.11 Å². The summed E-state index contributed by atoms with van der Waals surface area (Å²) in [5.74, 6) is 0. The second-order valence-corrected chi connectivity index (χ2v) is 2.97. The fraction of sp³-hybridized carbons (Fsp3) is 0.875. The van der Waals surface area contributed by atoms with Gasteiger partial charge in [0.15, 0.2) is 0 Å². The average molecular weight is 156 g/mol. The lowest BCUT2D eigenvalue weighted by atomic mass is 10.2. The van der Waals surface area contributed by atoms with Crippen LogP contribution >= 0.6 is 0 Å². The molecule has 0 unspecified atom stereocenters. The molecule has 3 nitrogen and oxygen atoms in total. The van der Waals surface area contributed by atoms with Gasteiger partial charge in [-0.2, -0.15) is 0 Å². The van der Waals surface area contributed by atoms with Crippen molar-refractivity contribution in [3.05, 3.63) is 0 Å². The van der Waals surface area contributed by atoms with E-state index in [4.69, 9.17) is 5.11 Å². The Labute approximate surface area is 67.0 Å². The molecule has 1 radical (unpaired) electrons. The van der Waals surface area contributed by atoms with Crippen LogP contribution in [0, 0.1) is 0 Å². The number of hydrogen-bond acceptors (Lipinski definition) is 3. The lowest BCUT2D eigenvalue weighted by molar-refractivity contribution is 0.0841. The van der Waals surface area contributed by atoms with Crippen molar-refractivity contribution >= 4 is 6.29 Å². The third kappa shape index (κ3) is 2.27. The Kier molecular flexibility index (Phi) is 3.52. The van der Waals surface area contributed by atoms with Crippen molar-refractivity contribution in [1.82, 2.24) is 4.90 Å². The Hall–Kier alpha value is -0.410. The van der Waals surface area contributed by atoms with Crippen molar-refractivity contribution in [3.8, 4) is 0 Å². The van der Waals surface area contributed by atoms with E-state index >= 15 is 0 Å². The molecular formula is C8H14NO2. The van der Waals surface area contributed by atoms with Gasteiger partial charge in [-0.25, -0.2) is 0 Å². The molecule has 1 N–H and O–H groups in total. The highest BCUT2D eigenvalue weighted by Gasteiger charge is 2.21. The summed E-state index contributed by atoms with van der Waals surface area (Å²) in [6, 6.07) is 0.418. The van der Waals surface area contributed by atoms with Gasteiger partial charge in [-0.1, -0.05) is 12.8 Å². The first kappa shape index (κ1) is 8.68. The molecule has 0 aromatic carbocycles. The maximum atomic E-state index is 10.1. The van der Waals surface area contributed by atoms with E-state index < -0.39 is 0 Å². The third-order valence-corrected chi connectivity index (χ3v) is 2.29. The van der Waals surface area contributed by atoms with Crippen molar-refractivity contribution in [2.24, 2.45) is 0 Å². The second-order valence-electron chi connectivity index (χ2n) is 2.97. The first-order valence-electron chi connectivity index (χ1n) is 4.08. The average Bonchev–Trinajstić information content (AvgIpc) is 2.52. The lowest BCUT2D eigenvalue weighted by Gasteiger charge is -2.23. The summed E-state index contributed by atoms with van der Waals surface area (Å²) in [5.41, 5.74) is 0. The quantitative estimate of drug-likeness (QED) is 0.595. The van der Waals surface area contributed by atoms with Crippen LogP contribution in [0.1, 0.15) is 25.7 Å². The molecule has 0 saturated heterocycles. The minimum absolute atomic E-state index is 0.0140. The Morgan fingerprint density at radius 3 is 2.55 bits per heavy atom. The predicted molar refractivity (Wildman–Crippen MR) is 41.7 cm³/mol. The molecule has 3 heteroatoms. The molecule has 0 aromatic rings. The smallest absolute Gasteiger partial charge is 0.213 e. The van der Waals surface area contributed by atoms with Crippen LogP contribution in [-0.2, 0) is 4.79 Å². The van der Waals surface area contributed by atoms with E-state index in [9.17, 15) is 4.79 Å². The second kappa shape index (κ2) is 4.46. The van der Waals surface area contributed by atoms with Crippen LogP contribution in [0.5, 0.6) is 0 Å². The zero-order chi connectivity index (χ0) is 8.10. The van der Waals surface area contributed by atoms with E-state index in [0.717, 1.165) is 12.8 Å². The van der Waals surface area contributed by atoms with Crippen molar-refractivity contribution in [2.45, 2.75) is 31.7 Å². The number of carbonyl (C=O) groups excluding carboxylic acids is 1. The molecule has 1 aliphatic carbocycles. The van der Waals surface area contributed by atoms with Gasteiger partial charge in [0, 0.05) is 6.04 Å². The lowest BCUT2D eigenvalue weighted by Crippen LogP contribution is -2.35. The van der Waals surface area contributed by atoms with Crippen LogP contribution < -0.4 is 0 Å². The molecule has 0 aromatic heterocycles. The fourth-order valence-corrected chi connectivity index (χ4v) is 1.65. The Bertz CT molecular complexity index is 121. The van der Waals surface area contributed by atoms with E-state index in [0.29, 0.717) is 6.04 Å². The van der Waals surface area contributed by atoms with E-state index in [-0.39, 0.29) is 13.3 Å². The summed E-state index contributed by atoms with van der Waals surface area (Å²) in [4.78, 5) is 11.8. The van der Waals surface area contributed by atoms with Gasteiger partial charge >= 0.3 is 0 Å². The molecule has 0 atom stereocenters. The Balaban J connectivity index is 2.33. The number of nitrogens with zero attached hydrogens (tertiary/aromatic N) is 1. The standard InChI is InChI=1S/C8H14NO2/c10-6-5-9(7-11)8-3-1-2-4-8/h8,11H,1-5,7H2. The van der Waals surface area contributed by atoms with E-state index in [1.54, 1.807) is 4.90 Å². The maximum Gasteiger partial charge on any atom is 0.213 e.